The first kappa shape index (κ1) is 20.5. The fourth-order valence-electron chi connectivity index (χ4n) is 3.60. The number of hydrogen-bond donors (Lipinski definition) is 3. The first-order valence-electron chi connectivity index (χ1n) is 10.3. The van der Waals surface area contributed by atoms with E-state index in [2.05, 4.69) is 26.9 Å². The number of para-hydroxylation sites is 2. The maximum Gasteiger partial charge on any atom is 0.163 e. The molecule has 8 heteroatoms. The topological polar surface area (TPSA) is 78.5 Å². The molecule has 0 radical (unpaired) electrons. The third-order valence-corrected chi connectivity index (χ3v) is 5.73. The molecule has 0 aliphatic carbocycles. The van der Waals surface area contributed by atoms with Gasteiger partial charge in [0, 0.05) is 34.4 Å². The van der Waals surface area contributed by atoms with Gasteiger partial charge in [-0.1, -0.05) is 47.5 Å². The van der Waals surface area contributed by atoms with E-state index in [4.69, 9.17) is 33.2 Å². The van der Waals surface area contributed by atoms with Crippen molar-refractivity contribution < 1.29 is 0 Å². The minimum atomic E-state index is 0.522. The first-order chi connectivity index (χ1) is 15.7. The molecular weight excluding hydrogens is 443 g/mol. The van der Waals surface area contributed by atoms with E-state index in [1.54, 1.807) is 12.1 Å². The van der Waals surface area contributed by atoms with Crippen molar-refractivity contribution in [2.45, 2.75) is 6.42 Å². The van der Waals surface area contributed by atoms with E-state index in [1.165, 1.54) is 0 Å². The molecule has 0 bridgehead atoms. The van der Waals surface area contributed by atoms with Crippen molar-refractivity contribution in [1.82, 2.24) is 20.2 Å². The van der Waals surface area contributed by atoms with E-state index in [0.29, 0.717) is 15.9 Å². The van der Waals surface area contributed by atoms with Crippen molar-refractivity contribution in [3.63, 3.8) is 0 Å². The van der Waals surface area contributed by atoms with Crippen LogP contribution in [-0.2, 0) is 0 Å². The monoisotopic (exact) mass is 462 g/mol. The van der Waals surface area contributed by atoms with Gasteiger partial charge in [-0.25, -0.2) is 9.97 Å². The standard InChI is InChI=1S/C24H20Cl2N6/c25-15-10-11-16(19(26)14-15)24-29-20-8-3-1-6-17(20)22(30-24)27-12-5-13-28-23-18-7-2-4-9-21(18)31-32-23/h1-4,6-11,14H,5,12-13H2,(H,27,29,30)(H2,28,31,32). The number of hydrogen-bond acceptors (Lipinski definition) is 5. The second-order valence-corrected chi connectivity index (χ2v) is 8.21. The molecule has 0 saturated carbocycles. The summed E-state index contributed by atoms with van der Waals surface area (Å²) in [7, 11) is 0. The molecule has 5 rings (SSSR count). The predicted molar refractivity (Wildman–Crippen MR) is 133 cm³/mol. The lowest BCUT2D eigenvalue weighted by Gasteiger charge is -2.12. The van der Waals surface area contributed by atoms with Gasteiger partial charge < -0.3 is 10.6 Å². The molecule has 32 heavy (non-hydrogen) atoms. The Hall–Kier alpha value is -3.35. The number of nitrogens with one attached hydrogen (secondary N) is 3. The molecule has 0 aliphatic rings. The largest absolute Gasteiger partial charge is 0.369 e. The van der Waals surface area contributed by atoms with Gasteiger partial charge >= 0.3 is 0 Å². The molecule has 2 aromatic heterocycles. The SMILES string of the molecule is Clc1ccc(-c2nc(NCCCNc3n[nH]c4ccccc34)c3ccccc3n2)c(Cl)c1. The summed E-state index contributed by atoms with van der Waals surface area (Å²) in [5.74, 6) is 2.21. The van der Waals surface area contributed by atoms with Crippen LogP contribution >= 0.6 is 23.2 Å². The van der Waals surface area contributed by atoms with Crippen molar-refractivity contribution >= 4 is 56.6 Å². The highest BCUT2D eigenvalue weighted by Gasteiger charge is 2.12. The van der Waals surface area contributed by atoms with Crippen LogP contribution in [0.3, 0.4) is 0 Å². The molecule has 0 saturated heterocycles. The Morgan fingerprint density at radius 3 is 2.38 bits per heavy atom. The van der Waals surface area contributed by atoms with E-state index in [1.807, 2.05) is 48.5 Å². The van der Waals surface area contributed by atoms with Crippen molar-refractivity contribution in [2.24, 2.45) is 0 Å². The van der Waals surface area contributed by atoms with Crippen LogP contribution in [0.5, 0.6) is 0 Å². The quantitative estimate of drug-likeness (QED) is 0.244. The van der Waals surface area contributed by atoms with E-state index in [-0.39, 0.29) is 0 Å². The Balaban J connectivity index is 1.31. The number of aromatic amines is 1. The summed E-state index contributed by atoms with van der Waals surface area (Å²) >= 11 is 12.5. The molecule has 5 aromatic rings. The van der Waals surface area contributed by atoms with Crippen LogP contribution in [0.25, 0.3) is 33.2 Å². The number of anilines is 2. The van der Waals surface area contributed by atoms with Gasteiger partial charge in [0.1, 0.15) is 5.82 Å². The van der Waals surface area contributed by atoms with Gasteiger partial charge in [0.2, 0.25) is 0 Å². The molecule has 0 fully saturated rings. The van der Waals surface area contributed by atoms with Crippen LogP contribution in [0.1, 0.15) is 6.42 Å². The molecule has 0 amide bonds. The Labute approximate surface area is 195 Å². The molecule has 0 aliphatic heterocycles. The van der Waals surface area contributed by atoms with Gasteiger partial charge in [0.25, 0.3) is 0 Å². The van der Waals surface area contributed by atoms with Crippen LogP contribution in [0, 0.1) is 0 Å². The summed E-state index contributed by atoms with van der Waals surface area (Å²) in [6.07, 6.45) is 0.885. The van der Waals surface area contributed by atoms with Gasteiger partial charge in [-0.15, -0.1) is 0 Å². The van der Waals surface area contributed by atoms with E-state index >= 15 is 0 Å². The molecule has 0 spiro atoms. The molecule has 160 valence electrons. The molecule has 3 aromatic carbocycles. The first-order valence-corrected chi connectivity index (χ1v) is 11.1. The second kappa shape index (κ2) is 9.02. The summed E-state index contributed by atoms with van der Waals surface area (Å²) < 4.78 is 0. The number of nitrogens with zero attached hydrogens (tertiary/aromatic N) is 3. The van der Waals surface area contributed by atoms with E-state index < -0.39 is 0 Å². The third-order valence-electron chi connectivity index (χ3n) is 5.18. The molecule has 0 atom stereocenters. The van der Waals surface area contributed by atoms with Crippen LogP contribution in [0.2, 0.25) is 10.0 Å². The molecule has 3 N–H and O–H groups in total. The highest BCUT2D eigenvalue weighted by Crippen LogP contribution is 2.31. The summed E-state index contributed by atoms with van der Waals surface area (Å²) in [6, 6.07) is 21.3. The predicted octanol–water partition coefficient (Wildman–Crippen LogP) is 6.39. The van der Waals surface area contributed by atoms with Gasteiger partial charge in [-0.05, 0) is 48.9 Å². The fourth-order valence-corrected chi connectivity index (χ4v) is 4.10. The van der Waals surface area contributed by atoms with Gasteiger partial charge in [0.05, 0.1) is 16.1 Å². The summed E-state index contributed by atoms with van der Waals surface area (Å²) in [6.45, 7) is 1.52. The smallest absolute Gasteiger partial charge is 0.163 e. The normalized spacial score (nSPS) is 11.2. The van der Waals surface area contributed by atoms with Gasteiger partial charge in [-0.2, -0.15) is 5.10 Å². The van der Waals surface area contributed by atoms with Crippen LogP contribution in [0.15, 0.2) is 66.7 Å². The highest BCUT2D eigenvalue weighted by molar-refractivity contribution is 6.36. The summed E-state index contributed by atoms with van der Waals surface area (Å²) in [5.41, 5.74) is 2.62. The zero-order chi connectivity index (χ0) is 21.9. The van der Waals surface area contributed by atoms with Crippen LogP contribution in [0.4, 0.5) is 11.6 Å². The Kier molecular flexibility index (Phi) is 5.79. The Bertz CT molecular complexity index is 1400. The minimum Gasteiger partial charge on any atom is -0.369 e. The molecule has 0 unspecified atom stereocenters. The van der Waals surface area contributed by atoms with Gasteiger partial charge in [-0.3, -0.25) is 5.10 Å². The number of halogens is 2. The minimum absolute atomic E-state index is 0.522. The number of H-pyrrole nitrogens is 1. The highest BCUT2D eigenvalue weighted by atomic mass is 35.5. The number of benzene rings is 3. The molecular formula is C24H20Cl2N6. The van der Waals surface area contributed by atoms with Crippen LogP contribution in [-0.4, -0.2) is 33.3 Å². The summed E-state index contributed by atoms with van der Waals surface area (Å²) in [5, 5.41) is 17.4. The maximum absolute atomic E-state index is 6.40. The zero-order valence-corrected chi connectivity index (χ0v) is 18.6. The van der Waals surface area contributed by atoms with E-state index in [0.717, 1.165) is 58.5 Å². The molecule has 6 nitrogen and oxygen atoms in total. The fraction of sp³-hybridized carbons (Fsp3) is 0.125. The Morgan fingerprint density at radius 1 is 0.781 bits per heavy atom. The second-order valence-electron chi connectivity index (χ2n) is 7.36. The average Bonchev–Trinajstić information content (AvgIpc) is 3.22. The lowest BCUT2D eigenvalue weighted by molar-refractivity contribution is 0.898. The lowest BCUT2D eigenvalue weighted by Crippen LogP contribution is -2.11. The van der Waals surface area contributed by atoms with Crippen molar-refractivity contribution in [2.75, 3.05) is 23.7 Å². The zero-order valence-electron chi connectivity index (χ0n) is 17.1. The van der Waals surface area contributed by atoms with Crippen LogP contribution < -0.4 is 10.6 Å². The van der Waals surface area contributed by atoms with Crippen molar-refractivity contribution in [1.29, 1.82) is 0 Å². The Morgan fingerprint density at radius 2 is 1.53 bits per heavy atom. The number of rotatable bonds is 7. The van der Waals surface area contributed by atoms with Crippen molar-refractivity contribution in [3.05, 3.63) is 76.8 Å². The molecule has 2 heterocycles. The van der Waals surface area contributed by atoms with E-state index in [9.17, 15) is 0 Å². The maximum atomic E-state index is 6.40. The average molecular weight is 463 g/mol. The lowest BCUT2D eigenvalue weighted by atomic mass is 10.1. The summed E-state index contributed by atoms with van der Waals surface area (Å²) in [4.78, 5) is 9.46. The number of fused-ring (bicyclic) bond motifs is 2. The third kappa shape index (κ3) is 4.20. The van der Waals surface area contributed by atoms with Crippen molar-refractivity contribution in [3.8, 4) is 11.4 Å². The number of aromatic nitrogens is 4. The van der Waals surface area contributed by atoms with Gasteiger partial charge in [0.15, 0.2) is 11.6 Å².